The van der Waals surface area contributed by atoms with Crippen LogP contribution in [-0.2, 0) is 10.3 Å². The molecule has 94 valence electrons. The quantitative estimate of drug-likeness (QED) is 0.778. The molecule has 1 aromatic rings. The molecule has 0 heterocycles. The summed E-state index contributed by atoms with van der Waals surface area (Å²) in [7, 11) is 0. The molecule has 17 heavy (non-hydrogen) atoms. The van der Waals surface area contributed by atoms with Gasteiger partial charge in [-0.05, 0) is 31.5 Å². The zero-order valence-electron chi connectivity index (χ0n) is 10.0. The van der Waals surface area contributed by atoms with Crippen LogP contribution in [0.3, 0.4) is 0 Å². The predicted octanol–water partition coefficient (Wildman–Crippen LogP) is 1.09. The first-order valence-corrected chi connectivity index (χ1v) is 6.23. The van der Waals surface area contributed by atoms with Crippen LogP contribution in [0, 0.1) is 0 Å². The molecule has 0 fully saturated rings. The van der Waals surface area contributed by atoms with Gasteiger partial charge in [-0.2, -0.15) is 0 Å². The maximum Gasteiger partial charge on any atom is 0.244 e. The number of hydrogen-bond donors (Lipinski definition) is 3. The van der Waals surface area contributed by atoms with Crippen LogP contribution >= 0.6 is 15.9 Å². The highest BCUT2D eigenvalue weighted by atomic mass is 79.9. The van der Waals surface area contributed by atoms with Crippen LogP contribution in [0.4, 0.5) is 0 Å². The summed E-state index contributed by atoms with van der Waals surface area (Å²) in [5, 5.41) is 2.78. The summed E-state index contributed by atoms with van der Waals surface area (Å²) in [5.74, 6) is -0.224. The van der Waals surface area contributed by atoms with Gasteiger partial charge in [0.1, 0.15) is 5.54 Å². The standard InChI is InChI=1S/C12H18BrN3O/c1-8(7-14)16-11(17)12(2,15)9-3-5-10(13)6-4-9/h3-6,8H,7,14-15H2,1-2H3,(H,16,17)/t8-,12?/m0/s1. The number of carbonyl (C=O) groups is 1. The van der Waals surface area contributed by atoms with Gasteiger partial charge in [0.15, 0.2) is 0 Å². The molecule has 1 aromatic carbocycles. The lowest BCUT2D eigenvalue weighted by Gasteiger charge is -2.26. The average Bonchev–Trinajstić information content (AvgIpc) is 2.29. The van der Waals surface area contributed by atoms with Crippen molar-refractivity contribution < 1.29 is 4.79 Å². The molecule has 0 aliphatic heterocycles. The van der Waals surface area contributed by atoms with Gasteiger partial charge in [0.05, 0.1) is 0 Å². The number of nitrogens with two attached hydrogens (primary N) is 2. The van der Waals surface area contributed by atoms with E-state index < -0.39 is 5.54 Å². The van der Waals surface area contributed by atoms with Gasteiger partial charge < -0.3 is 16.8 Å². The Labute approximate surface area is 110 Å². The fourth-order valence-electron chi connectivity index (χ4n) is 1.36. The molecule has 2 atom stereocenters. The van der Waals surface area contributed by atoms with Gasteiger partial charge in [0, 0.05) is 17.1 Å². The lowest BCUT2D eigenvalue weighted by molar-refractivity contribution is -0.126. The Morgan fingerprint density at radius 2 is 2.00 bits per heavy atom. The second kappa shape index (κ2) is 5.62. The molecule has 0 spiro atoms. The fourth-order valence-corrected chi connectivity index (χ4v) is 1.62. The van der Waals surface area contributed by atoms with E-state index in [9.17, 15) is 4.79 Å². The molecule has 5 heteroatoms. The first-order valence-electron chi connectivity index (χ1n) is 5.44. The SMILES string of the molecule is C[C@@H](CN)NC(=O)C(C)(N)c1ccc(Br)cc1. The second-order valence-electron chi connectivity index (χ2n) is 4.32. The number of halogens is 1. The Hall–Kier alpha value is -0.910. The summed E-state index contributed by atoms with van der Waals surface area (Å²) in [6.07, 6.45) is 0. The Morgan fingerprint density at radius 3 is 2.47 bits per heavy atom. The van der Waals surface area contributed by atoms with Crippen molar-refractivity contribution in [3.63, 3.8) is 0 Å². The van der Waals surface area contributed by atoms with E-state index in [1.807, 2.05) is 31.2 Å². The van der Waals surface area contributed by atoms with E-state index in [-0.39, 0.29) is 11.9 Å². The monoisotopic (exact) mass is 299 g/mol. The van der Waals surface area contributed by atoms with E-state index >= 15 is 0 Å². The number of amides is 1. The normalized spacial score (nSPS) is 16.1. The van der Waals surface area contributed by atoms with Gasteiger partial charge in [0.25, 0.3) is 0 Å². The molecule has 0 bridgehead atoms. The molecule has 0 saturated carbocycles. The summed E-state index contributed by atoms with van der Waals surface area (Å²) < 4.78 is 0.952. The van der Waals surface area contributed by atoms with Crippen LogP contribution in [0.25, 0.3) is 0 Å². The molecular weight excluding hydrogens is 282 g/mol. The van der Waals surface area contributed by atoms with Gasteiger partial charge in [-0.25, -0.2) is 0 Å². The Bertz CT molecular complexity index is 389. The van der Waals surface area contributed by atoms with Crippen LogP contribution < -0.4 is 16.8 Å². The predicted molar refractivity (Wildman–Crippen MR) is 72.3 cm³/mol. The van der Waals surface area contributed by atoms with E-state index in [1.54, 1.807) is 6.92 Å². The van der Waals surface area contributed by atoms with Crippen LogP contribution in [0.2, 0.25) is 0 Å². The van der Waals surface area contributed by atoms with Crippen molar-refractivity contribution >= 4 is 21.8 Å². The summed E-state index contributed by atoms with van der Waals surface area (Å²) >= 11 is 3.34. The molecule has 0 radical (unpaired) electrons. The topological polar surface area (TPSA) is 81.1 Å². The largest absolute Gasteiger partial charge is 0.350 e. The summed E-state index contributed by atoms with van der Waals surface area (Å²) in [5.41, 5.74) is 11.2. The maximum absolute atomic E-state index is 12.0. The lowest BCUT2D eigenvalue weighted by atomic mass is 9.92. The summed E-state index contributed by atoms with van der Waals surface area (Å²) in [6, 6.07) is 7.30. The Morgan fingerprint density at radius 1 is 1.47 bits per heavy atom. The zero-order valence-corrected chi connectivity index (χ0v) is 11.6. The molecule has 1 rings (SSSR count). The fraction of sp³-hybridized carbons (Fsp3) is 0.417. The zero-order chi connectivity index (χ0) is 13.1. The van der Waals surface area contributed by atoms with Crippen molar-refractivity contribution in [1.29, 1.82) is 0 Å². The third kappa shape index (κ3) is 3.52. The van der Waals surface area contributed by atoms with Gasteiger partial charge in [0.2, 0.25) is 5.91 Å². The smallest absolute Gasteiger partial charge is 0.244 e. The van der Waals surface area contributed by atoms with Crippen molar-refractivity contribution in [2.24, 2.45) is 11.5 Å². The molecule has 0 saturated heterocycles. The highest BCUT2D eigenvalue weighted by Crippen LogP contribution is 2.20. The van der Waals surface area contributed by atoms with Crippen molar-refractivity contribution in [2.75, 3.05) is 6.54 Å². The Balaban J connectivity index is 2.86. The number of nitrogens with one attached hydrogen (secondary N) is 1. The van der Waals surface area contributed by atoms with Gasteiger partial charge in [-0.1, -0.05) is 28.1 Å². The molecule has 4 nitrogen and oxygen atoms in total. The van der Waals surface area contributed by atoms with E-state index in [0.29, 0.717) is 6.54 Å². The van der Waals surface area contributed by atoms with Crippen LogP contribution in [0.5, 0.6) is 0 Å². The van der Waals surface area contributed by atoms with Crippen molar-refractivity contribution in [1.82, 2.24) is 5.32 Å². The van der Waals surface area contributed by atoms with Crippen LogP contribution in [0.1, 0.15) is 19.4 Å². The van der Waals surface area contributed by atoms with Crippen molar-refractivity contribution in [3.8, 4) is 0 Å². The highest BCUT2D eigenvalue weighted by molar-refractivity contribution is 9.10. The first-order chi connectivity index (χ1) is 7.87. The molecular formula is C12H18BrN3O. The maximum atomic E-state index is 12.0. The number of rotatable bonds is 4. The van der Waals surface area contributed by atoms with Gasteiger partial charge in [-0.3, -0.25) is 4.79 Å². The van der Waals surface area contributed by atoms with Gasteiger partial charge in [-0.15, -0.1) is 0 Å². The Kier molecular flexibility index (Phi) is 4.68. The summed E-state index contributed by atoms with van der Waals surface area (Å²) in [4.78, 5) is 12.0. The minimum atomic E-state index is -1.05. The first kappa shape index (κ1) is 14.2. The van der Waals surface area contributed by atoms with Crippen molar-refractivity contribution in [2.45, 2.75) is 25.4 Å². The molecule has 1 unspecified atom stereocenters. The van der Waals surface area contributed by atoms with E-state index in [0.717, 1.165) is 10.0 Å². The van der Waals surface area contributed by atoms with Crippen LogP contribution in [-0.4, -0.2) is 18.5 Å². The number of benzene rings is 1. The third-order valence-electron chi connectivity index (χ3n) is 2.65. The average molecular weight is 300 g/mol. The van der Waals surface area contributed by atoms with Crippen LogP contribution in [0.15, 0.2) is 28.7 Å². The second-order valence-corrected chi connectivity index (χ2v) is 5.24. The molecule has 1 amide bonds. The van der Waals surface area contributed by atoms with E-state index in [4.69, 9.17) is 11.5 Å². The number of carbonyl (C=O) groups excluding carboxylic acids is 1. The molecule has 0 aliphatic rings. The van der Waals surface area contributed by atoms with E-state index in [1.165, 1.54) is 0 Å². The third-order valence-corrected chi connectivity index (χ3v) is 3.18. The minimum absolute atomic E-state index is 0.0826. The minimum Gasteiger partial charge on any atom is -0.350 e. The molecule has 0 aromatic heterocycles. The highest BCUT2D eigenvalue weighted by Gasteiger charge is 2.30. The molecule has 0 aliphatic carbocycles. The summed E-state index contributed by atoms with van der Waals surface area (Å²) in [6.45, 7) is 3.92. The van der Waals surface area contributed by atoms with Crippen molar-refractivity contribution in [3.05, 3.63) is 34.3 Å². The number of hydrogen-bond acceptors (Lipinski definition) is 3. The van der Waals surface area contributed by atoms with E-state index in [2.05, 4.69) is 21.2 Å². The lowest BCUT2D eigenvalue weighted by Crippen LogP contribution is -2.52. The molecule has 5 N–H and O–H groups in total. The van der Waals surface area contributed by atoms with Gasteiger partial charge >= 0.3 is 0 Å².